The Kier molecular flexibility index (Phi) is 5.07. The standard InChI is InChI=1S/C13H15BrO2S/c14-12-4-2-1-3-11(12)13(15)9-17-10-5-7-16-8-6-10/h1-4,10H,5-9H2. The fourth-order valence-corrected chi connectivity index (χ4v) is 3.38. The summed E-state index contributed by atoms with van der Waals surface area (Å²) in [4.78, 5) is 12.0. The molecule has 1 heterocycles. The van der Waals surface area contributed by atoms with Crippen molar-refractivity contribution < 1.29 is 9.53 Å². The minimum absolute atomic E-state index is 0.203. The van der Waals surface area contributed by atoms with Crippen molar-refractivity contribution in [3.8, 4) is 0 Å². The van der Waals surface area contributed by atoms with Gasteiger partial charge in [-0.25, -0.2) is 0 Å². The topological polar surface area (TPSA) is 26.3 Å². The van der Waals surface area contributed by atoms with Crippen molar-refractivity contribution in [2.45, 2.75) is 18.1 Å². The van der Waals surface area contributed by atoms with Gasteiger partial charge in [0.2, 0.25) is 0 Å². The molecule has 0 spiro atoms. The fraction of sp³-hybridized carbons (Fsp3) is 0.462. The van der Waals surface area contributed by atoms with Gasteiger partial charge in [0.15, 0.2) is 5.78 Å². The molecule has 2 nitrogen and oxygen atoms in total. The van der Waals surface area contributed by atoms with Crippen LogP contribution in [0.15, 0.2) is 28.7 Å². The molecule has 0 amide bonds. The lowest BCUT2D eigenvalue weighted by Gasteiger charge is -2.21. The SMILES string of the molecule is O=C(CSC1CCOCC1)c1ccccc1Br. The lowest BCUT2D eigenvalue weighted by Crippen LogP contribution is -2.19. The summed E-state index contributed by atoms with van der Waals surface area (Å²) in [5.41, 5.74) is 0.784. The highest BCUT2D eigenvalue weighted by atomic mass is 79.9. The Hall–Kier alpha value is -0.320. The van der Waals surface area contributed by atoms with Crippen LogP contribution < -0.4 is 0 Å². The summed E-state index contributed by atoms with van der Waals surface area (Å²) in [5.74, 6) is 0.766. The molecule has 0 unspecified atom stereocenters. The number of ether oxygens (including phenoxy) is 1. The van der Waals surface area contributed by atoms with E-state index in [1.165, 1.54) is 0 Å². The Morgan fingerprint density at radius 2 is 2.06 bits per heavy atom. The maximum absolute atomic E-state index is 12.0. The minimum Gasteiger partial charge on any atom is -0.381 e. The van der Waals surface area contributed by atoms with E-state index >= 15 is 0 Å². The van der Waals surface area contributed by atoms with Crippen LogP contribution in [0.3, 0.4) is 0 Å². The third-order valence-corrected chi connectivity index (χ3v) is 4.86. The summed E-state index contributed by atoms with van der Waals surface area (Å²) in [6.07, 6.45) is 2.13. The molecule has 1 aliphatic heterocycles. The van der Waals surface area contributed by atoms with Gasteiger partial charge >= 0.3 is 0 Å². The lowest BCUT2D eigenvalue weighted by molar-refractivity contribution is 0.0988. The highest BCUT2D eigenvalue weighted by Crippen LogP contribution is 2.24. The van der Waals surface area contributed by atoms with Crippen LogP contribution >= 0.6 is 27.7 Å². The number of Topliss-reactive ketones (excluding diaryl/α,β-unsaturated/α-hetero) is 1. The van der Waals surface area contributed by atoms with Crippen LogP contribution in [-0.4, -0.2) is 30.0 Å². The average Bonchev–Trinajstić information content (AvgIpc) is 2.38. The Morgan fingerprint density at radius 1 is 1.35 bits per heavy atom. The number of rotatable bonds is 4. The molecule has 0 saturated carbocycles. The van der Waals surface area contributed by atoms with E-state index in [0.717, 1.165) is 36.1 Å². The van der Waals surface area contributed by atoms with Crippen molar-refractivity contribution in [1.29, 1.82) is 0 Å². The molecule has 4 heteroatoms. The molecule has 0 radical (unpaired) electrons. The third-order valence-electron chi connectivity index (χ3n) is 2.79. The van der Waals surface area contributed by atoms with Crippen LogP contribution in [0.1, 0.15) is 23.2 Å². The van der Waals surface area contributed by atoms with Crippen molar-refractivity contribution in [3.63, 3.8) is 0 Å². The largest absolute Gasteiger partial charge is 0.381 e. The Balaban J connectivity index is 1.87. The van der Waals surface area contributed by atoms with E-state index in [1.807, 2.05) is 24.3 Å². The lowest BCUT2D eigenvalue weighted by atomic mass is 10.1. The molecule has 17 heavy (non-hydrogen) atoms. The predicted molar refractivity (Wildman–Crippen MR) is 74.8 cm³/mol. The molecule has 2 rings (SSSR count). The molecule has 1 aliphatic rings. The molecular formula is C13H15BrO2S. The van der Waals surface area contributed by atoms with Crippen molar-refractivity contribution in [2.75, 3.05) is 19.0 Å². The second-order valence-corrected chi connectivity index (χ2v) is 6.17. The zero-order chi connectivity index (χ0) is 12.1. The van der Waals surface area contributed by atoms with E-state index in [0.29, 0.717) is 11.0 Å². The van der Waals surface area contributed by atoms with E-state index in [9.17, 15) is 4.79 Å². The van der Waals surface area contributed by atoms with Gasteiger partial charge in [0.25, 0.3) is 0 Å². The van der Waals surface area contributed by atoms with Gasteiger partial charge in [-0.3, -0.25) is 4.79 Å². The summed E-state index contributed by atoms with van der Waals surface area (Å²) in [6.45, 7) is 1.67. The van der Waals surface area contributed by atoms with E-state index < -0.39 is 0 Å². The highest BCUT2D eigenvalue weighted by Gasteiger charge is 2.17. The van der Waals surface area contributed by atoms with E-state index in [2.05, 4.69) is 15.9 Å². The van der Waals surface area contributed by atoms with E-state index in [1.54, 1.807) is 11.8 Å². The molecule has 1 fully saturated rings. The number of carbonyl (C=O) groups excluding carboxylic acids is 1. The molecule has 1 aromatic rings. The van der Waals surface area contributed by atoms with Gasteiger partial charge in [0, 0.05) is 28.5 Å². The van der Waals surface area contributed by atoms with E-state index in [-0.39, 0.29) is 5.78 Å². The van der Waals surface area contributed by atoms with Crippen molar-refractivity contribution in [1.82, 2.24) is 0 Å². The molecular weight excluding hydrogens is 300 g/mol. The highest BCUT2D eigenvalue weighted by molar-refractivity contribution is 9.10. The number of hydrogen-bond donors (Lipinski definition) is 0. The molecule has 0 aliphatic carbocycles. The Morgan fingerprint density at radius 3 is 2.76 bits per heavy atom. The summed E-state index contributed by atoms with van der Waals surface area (Å²) in [6, 6.07) is 7.60. The van der Waals surface area contributed by atoms with Crippen molar-refractivity contribution in [2.24, 2.45) is 0 Å². The molecule has 0 N–H and O–H groups in total. The van der Waals surface area contributed by atoms with Gasteiger partial charge in [0.1, 0.15) is 0 Å². The summed E-state index contributed by atoms with van der Waals surface area (Å²) >= 11 is 5.17. The smallest absolute Gasteiger partial charge is 0.173 e. The van der Waals surface area contributed by atoms with Crippen LogP contribution in [0.2, 0.25) is 0 Å². The van der Waals surface area contributed by atoms with Gasteiger partial charge in [0.05, 0.1) is 5.75 Å². The van der Waals surface area contributed by atoms with Crippen LogP contribution in [0.25, 0.3) is 0 Å². The first-order valence-corrected chi connectivity index (χ1v) is 7.58. The zero-order valence-electron chi connectivity index (χ0n) is 9.52. The summed E-state index contributed by atoms with van der Waals surface area (Å²) < 4.78 is 6.19. The second kappa shape index (κ2) is 6.57. The zero-order valence-corrected chi connectivity index (χ0v) is 11.9. The van der Waals surface area contributed by atoms with Gasteiger partial charge in [-0.05, 0) is 18.9 Å². The van der Waals surface area contributed by atoms with Crippen LogP contribution in [0.4, 0.5) is 0 Å². The van der Waals surface area contributed by atoms with Crippen molar-refractivity contribution >= 4 is 33.5 Å². The number of thioether (sulfide) groups is 1. The fourth-order valence-electron chi connectivity index (χ4n) is 1.80. The number of hydrogen-bond acceptors (Lipinski definition) is 3. The van der Waals surface area contributed by atoms with Crippen LogP contribution in [-0.2, 0) is 4.74 Å². The first-order chi connectivity index (χ1) is 8.27. The predicted octanol–water partition coefficient (Wildman–Crippen LogP) is 3.54. The normalized spacial score (nSPS) is 17.0. The first-order valence-electron chi connectivity index (χ1n) is 5.74. The number of carbonyl (C=O) groups is 1. The maximum Gasteiger partial charge on any atom is 0.173 e. The minimum atomic E-state index is 0.203. The molecule has 1 saturated heterocycles. The van der Waals surface area contributed by atoms with Gasteiger partial charge in [-0.2, -0.15) is 11.8 Å². The van der Waals surface area contributed by atoms with Gasteiger partial charge < -0.3 is 4.74 Å². The molecule has 92 valence electrons. The number of ketones is 1. The number of halogens is 1. The quantitative estimate of drug-likeness (QED) is 0.795. The number of benzene rings is 1. The van der Waals surface area contributed by atoms with Crippen LogP contribution in [0.5, 0.6) is 0 Å². The van der Waals surface area contributed by atoms with Crippen molar-refractivity contribution in [3.05, 3.63) is 34.3 Å². The molecule has 1 aromatic carbocycles. The first kappa shape index (κ1) is 13.1. The molecule has 0 aromatic heterocycles. The summed E-state index contributed by atoms with van der Waals surface area (Å²) in [7, 11) is 0. The molecule has 0 bridgehead atoms. The second-order valence-electron chi connectivity index (χ2n) is 4.03. The monoisotopic (exact) mass is 314 g/mol. The van der Waals surface area contributed by atoms with Gasteiger partial charge in [-0.15, -0.1) is 0 Å². The summed E-state index contributed by atoms with van der Waals surface area (Å²) in [5, 5.41) is 0.579. The third kappa shape index (κ3) is 3.83. The average molecular weight is 315 g/mol. The molecule has 0 atom stereocenters. The van der Waals surface area contributed by atoms with Gasteiger partial charge in [-0.1, -0.05) is 34.1 Å². The Labute approximate surface area is 114 Å². The Bertz CT molecular complexity index is 389. The van der Waals surface area contributed by atoms with E-state index in [4.69, 9.17) is 4.74 Å². The van der Waals surface area contributed by atoms with Crippen LogP contribution in [0, 0.1) is 0 Å². The maximum atomic E-state index is 12.0.